The van der Waals surface area contributed by atoms with Gasteiger partial charge in [-0.25, -0.2) is 0 Å². The number of piperidine rings is 1. The summed E-state index contributed by atoms with van der Waals surface area (Å²) in [7, 11) is 0. The highest BCUT2D eigenvalue weighted by Crippen LogP contribution is 2.24. The van der Waals surface area contributed by atoms with Crippen LogP contribution in [0, 0.1) is 5.92 Å². The summed E-state index contributed by atoms with van der Waals surface area (Å²) < 4.78 is 0. The Labute approximate surface area is 126 Å². The Bertz CT molecular complexity index is 332. The van der Waals surface area contributed by atoms with Gasteiger partial charge in [-0.1, -0.05) is 51.5 Å². The average Bonchev–Trinajstić information content (AvgIpc) is 2.50. The molecule has 0 amide bonds. The Morgan fingerprint density at radius 2 is 1.90 bits per heavy atom. The molecule has 0 aromatic carbocycles. The van der Waals surface area contributed by atoms with Crippen molar-refractivity contribution in [3.05, 3.63) is 36.0 Å². The highest BCUT2D eigenvalue weighted by molar-refractivity contribution is 5.31. The summed E-state index contributed by atoms with van der Waals surface area (Å²) in [4.78, 5) is 2.57. The second-order valence-electron chi connectivity index (χ2n) is 5.94. The standard InChI is InChI=1S/C19H33N/c1-5-12-18(7-3)19(8-4)15-17(6-2)16-20-13-10-9-11-14-20/h6,8,15,18H,2,5,7,9-14,16H2,1,3-4H3/b17-15+,19-8+. The largest absolute Gasteiger partial charge is 0.299 e. The van der Waals surface area contributed by atoms with Crippen molar-refractivity contribution < 1.29 is 0 Å². The third-order valence-electron chi connectivity index (χ3n) is 4.40. The Balaban J connectivity index is 2.71. The molecule has 1 fully saturated rings. The van der Waals surface area contributed by atoms with Gasteiger partial charge in [-0.2, -0.15) is 0 Å². The molecule has 0 spiro atoms. The maximum atomic E-state index is 4.02. The van der Waals surface area contributed by atoms with Gasteiger partial charge in [0.1, 0.15) is 0 Å². The van der Waals surface area contributed by atoms with E-state index in [1.807, 2.05) is 0 Å². The first-order valence-electron chi connectivity index (χ1n) is 8.46. The summed E-state index contributed by atoms with van der Waals surface area (Å²) in [6.45, 7) is 14.4. The average molecular weight is 275 g/mol. The molecule has 0 bridgehead atoms. The predicted octanol–water partition coefficient (Wildman–Crippen LogP) is 5.36. The van der Waals surface area contributed by atoms with Gasteiger partial charge in [0.05, 0.1) is 0 Å². The van der Waals surface area contributed by atoms with E-state index in [0.29, 0.717) is 5.92 Å². The normalized spacial score (nSPS) is 19.9. The van der Waals surface area contributed by atoms with Gasteiger partial charge in [0, 0.05) is 6.54 Å². The molecular formula is C19H33N. The van der Waals surface area contributed by atoms with Gasteiger partial charge in [0.15, 0.2) is 0 Å². The van der Waals surface area contributed by atoms with Gasteiger partial charge in [-0.15, -0.1) is 0 Å². The molecule has 1 heteroatoms. The minimum atomic E-state index is 0.710. The van der Waals surface area contributed by atoms with Gasteiger partial charge in [0.25, 0.3) is 0 Å². The lowest BCUT2D eigenvalue weighted by Crippen LogP contribution is -2.31. The van der Waals surface area contributed by atoms with Crippen LogP contribution in [0.5, 0.6) is 0 Å². The molecule has 0 aliphatic carbocycles. The molecule has 114 valence electrons. The predicted molar refractivity (Wildman–Crippen MR) is 91.0 cm³/mol. The van der Waals surface area contributed by atoms with Crippen molar-refractivity contribution in [3.63, 3.8) is 0 Å². The van der Waals surface area contributed by atoms with E-state index in [0.717, 1.165) is 6.54 Å². The van der Waals surface area contributed by atoms with E-state index in [9.17, 15) is 0 Å². The van der Waals surface area contributed by atoms with E-state index in [4.69, 9.17) is 0 Å². The zero-order chi connectivity index (χ0) is 14.8. The molecule has 0 radical (unpaired) electrons. The number of hydrogen-bond donors (Lipinski definition) is 0. The summed E-state index contributed by atoms with van der Waals surface area (Å²) in [5, 5.41) is 0. The summed E-state index contributed by atoms with van der Waals surface area (Å²) in [5.41, 5.74) is 2.89. The van der Waals surface area contributed by atoms with E-state index < -0.39 is 0 Å². The number of nitrogens with zero attached hydrogens (tertiary/aromatic N) is 1. The first kappa shape index (κ1) is 17.2. The molecule has 1 nitrogen and oxygen atoms in total. The topological polar surface area (TPSA) is 3.24 Å². The quantitative estimate of drug-likeness (QED) is 0.539. The van der Waals surface area contributed by atoms with Gasteiger partial charge in [-0.3, -0.25) is 4.90 Å². The highest BCUT2D eigenvalue weighted by atomic mass is 15.1. The number of rotatable bonds is 8. The fourth-order valence-electron chi connectivity index (χ4n) is 3.15. The van der Waals surface area contributed by atoms with Crippen LogP contribution < -0.4 is 0 Å². The maximum absolute atomic E-state index is 4.02. The van der Waals surface area contributed by atoms with E-state index in [1.54, 1.807) is 0 Å². The molecule has 1 heterocycles. The van der Waals surface area contributed by atoms with Crippen LogP contribution in [0.15, 0.2) is 36.0 Å². The zero-order valence-electron chi connectivity index (χ0n) is 13.8. The molecule has 0 aromatic rings. The van der Waals surface area contributed by atoms with Crippen LogP contribution in [0.4, 0.5) is 0 Å². The second kappa shape index (κ2) is 9.99. The minimum Gasteiger partial charge on any atom is -0.299 e. The summed E-state index contributed by atoms with van der Waals surface area (Å²) >= 11 is 0. The number of hydrogen-bond acceptors (Lipinski definition) is 1. The molecular weight excluding hydrogens is 242 g/mol. The van der Waals surface area contributed by atoms with Crippen LogP contribution in [0.3, 0.4) is 0 Å². The molecule has 0 saturated carbocycles. The molecule has 1 aliphatic heterocycles. The molecule has 1 saturated heterocycles. The van der Waals surface area contributed by atoms with Crippen molar-refractivity contribution in [1.82, 2.24) is 4.90 Å². The smallest absolute Gasteiger partial charge is 0.0233 e. The van der Waals surface area contributed by atoms with Gasteiger partial charge < -0.3 is 0 Å². The minimum absolute atomic E-state index is 0.710. The van der Waals surface area contributed by atoms with Gasteiger partial charge in [-0.05, 0) is 62.8 Å². The first-order chi connectivity index (χ1) is 9.74. The van der Waals surface area contributed by atoms with Crippen LogP contribution in [0.1, 0.15) is 59.3 Å². The third-order valence-corrected chi connectivity index (χ3v) is 4.40. The molecule has 1 rings (SSSR count). The molecule has 1 atom stereocenters. The highest BCUT2D eigenvalue weighted by Gasteiger charge is 2.13. The Morgan fingerprint density at radius 3 is 2.40 bits per heavy atom. The van der Waals surface area contributed by atoms with Crippen molar-refractivity contribution in [3.8, 4) is 0 Å². The lowest BCUT2D eigenvalue weighted by molar-refractivity contribution is 0.248. The van der Waals surface area contributed by atoms with E-state index >= 15 is 0 Å². The third kappa shape index (κ3) is 5.66. The van der Waals surface area contributed by atoms with Crippen LogP contribution >= 0.6 is 0 Å². The number of allylic oxidation sites excluding steroid dienone is 3. The summed E-state index contributed by atoms with van der Waals surface area (Å²) in [6, 6.07) is 0. The van der Waals surface area contributed by atoms with Gasteiger partial charge in [0.2, 0.25) is 0 Å². The zero-order valence-corrected chi connectivity index (χ0v) is 13.8. The Hall–Kier alpha value is -0.820. The Morgan fingerprint density at radius 1 is 1.20 bits per heavy atom. The van der Waals surface area contributed by atoms with Crippen molar-refractivity contribution in [2.45, 2.75) is 59.3 Å². The SMILES string of the molecule is C=C/C(=C\C(=C/C)C(CC)CCC)CN1CCCCC1. The van der Waals surface area contributed by atoms with E-state index in [-0.39, 0.29) is 0 Å². The van der Waals surface area contributed by atoms with Gasteiger partial charge >= 0.3 is 0 Å². The van der Waals surface area contributed by atoms with Crippen LogP contribution in [0.25, 0.3) is 0 Å². The summed E-state index contributed by atoms with van der Waals surface area (Å²) in [6.07, 6.45) is 14.6. The fraction of sp³-hybridized carbons (Fsp3) is 0.684. The van der Waals surface area contributed by atoms with Crippen LogP contribution in [-0.4, -0.2) is 24.5 Å². The van der Waals surface area contributed by atoms with Crippen molar-refractivity contribution in [2.75, 3.05) is 19.6 Å². The molecule has 1 unspecified atom stereocenters. The lowest BCUT2D eigenvalue weighted by atomic mass is 9.90. The number of likely N-dealkylation sites (tertiary alicyclic amines) is 1. The summed E-state index contributed by atoms with van der Waals surface area (Å²) in [5.74, 6) is 0.710. The van der Waals surface area contributed by atoms with Crippen molar-refractivity contribution in [2.24, 2.45) is 5.92 Å². The molecule has 1 aliphatic rings. The molecule has 20 heavy (non-hydrogen) atoms. The second-order valence-corrected chi connectivity index (χ2v) is 5.94. The molecule has 0 N–H and O–H groups in total. The van der Waals surface area contributed by atoms with E-state index in [1.165, 1.54) is 62.8 Å². The van der Waals surface area contributed by atoms with Crippen molar-refractivity contribution in [1.29, 1.82) is 0 Å². The Kier molecular flexibility index (Phi) is 8.60. The maximum Gasteiger partial charge on any atom is 0.0233 e. The fourth-order valence-corrected chi connectivity index (χ4v) is 3.15. The molecule has 0 aromatic heterocycles. The monoisotopic (exact) mass is 275 g/mol. The lowest BCUT2D eigenvalue weighted by Gasteiger charge is -2.27. The van der Waals surface area contributed by atoms with Crippen molar-refractivity contribution >= 4 is 0 Å². The van der Waals surface area contributed by atoms with Crippen LogP contribution in [-0.2, 0) is 0 Å². The van der Waals surface area contributed by atoms with E-state index in [2.05, 4.69) is 50.5 Å². The van der Waals surface area contributed by atoms with Crippen LogP contribution in [0.2, 0.25) is 0 Å². The first-order valence-corrected chi connectivity index (χ1v) is 8.46.